The zero-order valence-corrected chi connectivity index (χ0v) is 16.3. The molecule has 142 valence electrons. The molecule has 0 saturated heterocycles. The predicted molar refractivity (Wildman–Crippen MR) is 107 cm³/mol. The Morgan fingerprint density at radius 2 is 1.67 bits per heavy atom. The fourth-order valence-corrected chi connectivity index (χ4v) is 2.61. The third-order valence-electron chi connectivity index (χ3n) is 3.70. The van der Waals surface area contributed by atoms with Crippen LogP contribution in [0.5, 0.6) is 0 Å². The van der Waals surface area contributed by atoms with Gasteiger partial charge in [0.25, 0.3) is 11.6 Å². The van der Waals surface area contributed by atoms with Gasteiger partial charge in [-0.25, -0.2) is 0 Å². The van der Waals surface area contributed by atoms with Crippen LogP contribution in [-0.4, -0.2) is 23.0 Å². The summed E-state index contributed by atoms with van der Waals surface area (Å²) in [6.07, 6.45) is 1.82. The third-order valence-corrected chi connectivity index (χ3v) is 4.43. The number of nitrogens with one attached hydrogen (secondary N) is 2. The van der Waals surface area contributed by atoms with Crippen molar-refractivity contribution >= 4 is 40.6 Å². The number of benzene rings is 2. The molecule has 2 amide bonds. The van der Waals surface area contributed by atoms with E-state index in [0.29, 0.717) is 11.4 Å². The Morgan fingerprint density at radius 1 is 1.04 bits per heavy atom. The Morgan fingerprint density at radius 3 is 2.22 bits per heavy atom. The molecule has 0 bridgehead atoms. The van der Waals surface area contributed by atoms with Gasteiger partial charge in [0.05, 0.1) is 4.92 Å². The second-order valence-corrected chi connectivity index (χ2v) is 7.76. The Bertz CT molecular complexity index is 891. The van der Waals surface area contributed by atoms with Crippen molar-refractivity contribution in [3.63, 3.8) is 0 Å². The van der Waals surface area contributed by atoms with Crippen molar-refractivity contribution in [2.24, 2.45) is 5.41 Å². The van der Waals surface area contributed by atoms with Crippen LogP contribution in [0.4, 0.5) is 17.1 Å². The molecule has 0 heterocycles. The van der Waals surface area contributed by atoms with Crippen molar-refractivity contribution in [3.8, 4) is 0 Å². The molecular formula is C19H21N3O4S. The lowest BCUT2D eigenvalue weighted by atomic mass is 9.95. The average Bonchev–Trinajstić information content (AvgIpc) is 2.60. The molecule has 0 aliphatic carbocycles. The maximum Gasteiger partial charge on any atom is 0.282 e. The van der Waals surface area contributed by atoms with E-state index in [2.05, 4.69) is 10.6 Å². The molecule has 2 aromatic carbocycles. The predicted octanol–water partition coefficient (Wildman–Crippen LogP) is 4.55. The topological polar surface area (TPSA) is 101 Å². The number of anilines is 2. The van der Waals surface area contributed by atoms with E-state index < -0.39 is 16.2 Å². The number of nitro groups is 1. The molecule has 2 N–H and O–H groups in total. The number of nitrogens with zero attached hydrogens (tertiary/aromatic N) is 1. The summed E-state index contributed by atoms with van der Waals surface area (Å²) in [6.45, 7) is 5.39. The monoisotopic (exact) mass is 387 g/mol. The Hall–Kier alpha value is -2.87. The average molecular weight is 387 g/mol. The van der Waals surface area contributed by atoms with Crippen LogP contribution in [0.2, 0.25) is 0 Å². The van der Waals surface area contributed by atoms with Gasteiger partial charge < -0.3 is 10.6 Å². The summed E-state index contributed by atoms with van der Waals surface area (Å²) in [7, 11) is 0. The Labute approximate surface area is 161 Å². The van der Waals surface area contributed by atoms with Crippen LogP contribution in [-0.2, 0) is 4.79 Å². The smallest absolute Gasteiger partial charge is 0.282 e. The summed E-state index contributed by atoms with van der Waals surface area (Å²) in [5.41, 5.74) is 0.118. The number of nitro benzene ring substituents is 1. The highest BCUT2D eigenvalue weighted by Crippen LogP contribution is 2.26. The highest BCUT2D eigenvalue weighted by molar-refractivity contribution is 7.98. The fourth-order valence-electron chi connectivity index (χ4n) is 2.17. The fraction of sp³-hybridized carbons (Fsp3) is 0.263. The lowest BCUT2D eigenvalue weighted by molar-refractivity contribution is -0.385. The number of hydrogen-bond donors (Lipinski definition) is 2. The molecule has 0 spiro atoms. The van der Waals surface area contributed by atoms with E-state index in [-0.39, 0.29) is 17.2 Å². The normalized spacial score (nSPS) is 11.0. The molecule has 2 rings (SSSR count). The molecular weight excluding hydrogens is 366 g/mol. The van der Waals surface area contributed by atoms with Gasteiger partial charge in [0.15, 0.2) is 0 Å². The van der Waals surface area contributed by atoms with E-state index in [1.54, 1.807) is 51.1 Å². The summed E-state index contributed by atoms with van der Waals surface area (Å²) >= 11 is 1.39. The van der Waals surface area contributed by atoms with Crippen LogP contribution in [0, 0.1) is 15.5 Å². The maximum absolute atomic E-state index is 12.6. The van der Waals surface area contributed by atoms with Gasteiger partial charge in [-0.1, -0.05) is 26.8 Å². The quantitative estimate of drug-likeness (QED) is 0.445. The number of thioether (sulfide) groups is 1. The zero-order valence-electron chi connectivity index (χ0n) is 15.5. The molecule has 0 aliphatic rings. The Balaban J connectivity index is 2.25. The lowest BCUT2D eigenvalue weighted by Crippen LogP contribution is -2.27. The molecule has 2 aromatic rings. The van der Waals surface area contributed by atoms with E-state index in [1.165, 1.54) is 23.9 Å². The summed E-state index contributed by atoms with van der Waals surface area (Å²) in [6, 6.07) is 11.0. The minimum Gasteiger partial charge on any atom is -0.326 e. The second-order valence-electron chi connectivity index (χ2n) is 6.88. The van der Waals surface area contributed by atoms with Crippen molar-refractivity contribution in [1.82, 2.24) is 0 Å². The molecule has 0 fully saturated rings. The van der Waals surface area contributed by atoms with Crippen molar-refractivity contribution in [3.05, 3.63) is 58.1 Å². The van der Waals surface area contributed by atoms with Crippen LogP contribution in [0.3, 0.4) is 0 Å². The molecule has 8 heteroatoms. The van der Waals surface area contributed by atoms with E-state index in [4.69, 9.17) is 0 Å². The van der Waals surface area contributed by atoms with Crippen molar-refractivity contribution in [2.45, 2.75) is 25.7 Å². The number of hydrogen-bond acceptors (Lipinski definition) is 5. The maximum atomic E-state index is 12.6. The highest BCUT2D eigenvalue weighted by atomic mass is 32.2. The largest absolute Gasteiger partial charge is 0.326 e. The van der Waals surface area contributed by atoms with Crippen molar-refractivity contribution < 1.29 is 14.5 Å². The molecule has 0 saturated carbocycles. The summed E-state index contributed by atoms with van der Waals surface area (Å²) < 4.78 is 0. The highest BCUT2D eigenvalue weighted by Gasteiger charge is 2.22. The van der Waals surface area contributed by atoms with E-state index in [1.807, 2.05) is 6.26 Å². The molecule has 0 radical (unpaired) electrons. The lowest BCUT2D eigenvalue weighted by Gasteiger charge is -2.18. The van der Waals surface area contributed by atoms with Crippen LogP contribution in [0.15, 0.2) is 47.4 Å². The van der Waals surface area contributed by atoms with Gasteiger partial charge in [0, 0.05) is 27.8 Å². The van der Waals surface area contributed by atoms with E-state index in [0.717, 1.165) is 4.90 Å². The summed E-state index contributed by atoms with van der Waals surface area (Å²) in [5.74, 6) is -0.744. The third kappa shape index (κ3) is 5.30. The van der Waals surface area contributed by atoms with Crippen molar-refractivity contribution in [2.75, 3.05) is 16.9 Å². The van der Waals surface area contributed by atoms with Gasteiger partial charge >= 0.3 is 0 Å². The molecule has 0 aliphatic heterocycles. The van der Waals surface area contributed by atoms with Crippen LogP contribution in [0.1, 0.15) is 31.1 Å². The van der Waals surface area contributed by atoms with Gasteiger partial charge in [-0.05, 0) is 36.6 Å². The number of amides is 2. The SMILES string of the molecule is CSc1ccc([N+](=O)[O-])c(C(=O)Nc2cccc(NC(=O)C(C)(C)C)c2)c1. The minimum atomic E-state index is -0.586. The summed E-state index contributed by atoms with van der Waals surface area (Å²) in [4.78, 5) is 36.1. The van der Waals surface area contributed by atoms with Crippen molar-refractivity contribution in [1.29, 1.82) is 0 Å². The van der Waals surface area contributed by atoms with Crippen LogP contribution >= 0.6 is 11.8 Å². The number of carbonyl (C=O) groups excluding carboxylic acids is 2. The standard InChI is InChI=1S/C19H21N3O4S/c1-19(2,3)18(24)21-13-7-5-6-12(10-13)20-17(23)15-11-14(27-4)8-9-16(15)22(25)26/h5-11H,1-4H3,(H,20,23)(H,21,24). The number of carbonyl (C=O) groups is 2. The van der Waals surface area contributed by atoms with Gasteiger partial charge in [-0.2, -0.15) is 0 Å². The van der Waals surface area contributed by atoms with E-state index in [9.17, 15) is 19.7 Å². The first-order chi connectivity index (χ1) is 12.6. The summed E-state index contributed by atoms with van der Waals surface area (Å²) in [5, 5.41) is 16.7. The molecule has 0 aromatic heterocycles. The Kier molecular flexibility index (Phi) is 6.22. The van der Waals surface area contributed by atoms with Gasteiger partial charge in [-0.3, -0.25) is 19.7 Å². The van der Waals surface area contributed by atoms with Crippen LogP contribution in [0.25, 0.3) is 0 Å². The first-order valence-electron chi connectivity index (χ1n) is 8.17. The number of rotatable bonds is 5. The molecule has 0 unspecified atom stereocenters. The first-order valence-corrected chi connectivity index (χ1v) is 9.39. The van der Waals surface area contributed by atoms with E-state index >= 15 is 0 Å². The molecule has 27 heavy (non-hydrogen) atoms. The molecule has 0 atom stereocenters. The van der Waals surface area contributed by atoms with Gasteiger partial charge in [0.1, 0.15) is 5.56 Å². The molecule has 7 nitrogen and oxygen atoms in total. The minimum absolute atomic E-state index is 0.0176. The second kappa shape index (κ2) is 8.22. The zero-order chi connectivity index (χ0) is 20.2. The van der Waals surface area contributed by atoms with Crippen LogP contribution < -0.4 is 10.6 Å². The van der Waals surface area contributed by atoms with Gasteiger partial charge in [0.2, 0.25) is 5.91 Å². The van der Waals surface area contributed by atoms with Gasteiger partial charge in [-0.15, -0.1) is 11.8 Å². The first kappa shape index (κ1) is 20.4.